The Hall–Kier alpha value is -2.47. The van der Waals surface area contributed by atoms with Crippen LogP contribution in [0.5, 0.6) is 5.75 Å². The summed E-state index contributed by atoms with van der Waals surface area (Å²) >= 11 is 1.46. The Balaban J connectivity index is 1.50. The van der Waals surface area contributed by atoms with Gasteiger partial charge < -0.3 is 15.4 Å². The fourth-order valence-electron chi connectivity index (χ4n) is 2.71. The summed E-state index contributed by atoms with van der Waals surface area (Å²) < 4.78 is 5.64. The number of ether oxygens (including phenoxy) is 1. The van der Waals surface area contributed by atoms with E-state index in [1.165, 1.54) is 11.8 Å². The average molecular weight is 413 g/mol. The van der Waals surface area contributed by atoms with Crippen LogP contribution in [-0.2, 0) is 9.59 Å². The summed E-state index contributed by atoms with van der Waals surface area (Å²) in [5.74, 6) is 0.991. The van der Waals surface area contributed by atoms with E-state index in [4.69, 9.17) is 4.74 Å². The third-order valence-corrected chi connectivity index (χ3v) is 5.71. The molecule has 1 fully saturated rings. The summed E-state index contributed by atoms with van der Waals surface area (Å²) in [6.45, 7) is 4.70. The number of unbranched alkanes of at least 4 members (excludes halogenated alkanes) is 1. The largest absolute Gasteiger partial charge is 0.494 e. The van der Waals surface area contributed by atoms with Crippen LogP contribution in [0.3, 0.4) is 0 Å². The van der Waals surface area contributed by atoms with Crippen molar-refractivity contribution in [3.8, 4) is 5.75 Å². The molecule has 0 aromatic heterocycles. The summed E-state index contributed by atoms with van der Waals surface area (Å²) in [5.41, 5.74) is 1.52. The maximum atomic E-state index is 12.5. The molecule has 0 saturated heterocycles. The first kappa shape index (κ1) is 21.2. The molecule has 29 heavy (non-hydrogen) atoms. The number of rotatable bonds is 10. The van der Waals surface area contributed by atoms with E-state index in [0.29, 0.717) is 6.61 Å². The maximum absolute atomic E-state index is 12.5. The Kier molecular flexibility index (Phi) is 7.58. The molecule has 3 rings (SSSR count). The van der Waals surface area contributed by atoms with Crippen molar-refractivity contribution in [2.75, 3.05) is 17.2 Å². The maximum Gasteiger partial charge on any atom is 0.237 e. The SMILES string of the molecule is CCCCOc1ccc(NC(=O)C(C)Sc2cccc(NC(=O)C3CC3)c2)cc1. The van der Waals surface area contributed by atoms with Crippen molar-refractivity contribution < 1.29 is 14.3 Å². The molecule has 2 aromatic rings. The fraction of sp³-hybridized carbons (Fsp3) is 0.391. The van der Waals surface area contributed by atoms with Crippen molar-refractivity contribution in [3.63, 3.8) is 0 Å². The molecule has 6 heteroatoms. The summed E-state index contributed by atoms with van der Waals surface area (Å²) in [4.78, 5) is 25.4. The first-order valence-corrected chi connectivity index (χ1v) is 11.0. The van der Waals surface area contributed by atoms with Gasteiger partial charge in [0.1, 0.15) is 5.75 Å². The molecule has 5 nitrogen and oxygen atoms in total. The molecule has 1 unspecified atom stereocenters. The highest BCUT2D eigenvalue weighted by Crippen LogP contribution is 2.31. The first-order chi connectivity index (χ1) is 14.0. The molecule has 1 atom stereocenters. The summed E-state index contributed by atoms with van der Waals surface area (Å²) in [5, 5.41) is 5.61. The van der Waals surface area contributed by atoms with Gasteiger partial charge in [-0.1, -0.05) is 19.4 Å². The van der Waals surface area contributed by atoms with E-state index in [9.17, 15) is 9.59 Å². The summed E-state index contributed by atoms with van der Waals surface area (Å²) in [7, 11) is 0. The van der Waals surface area contributed by atoms with Gasteiger partial charge in [-0.25, -0.2) is 0 Å². The monoisotopic (exact) mass is 412 g/mol. The molecule has 2 N–H and O–H groups in total. The van der Waals surface area contributed by atoms with Crippen LogP contribution in [0, 0.1) is 5.92 Å². The zero-order valence-electron chi connectivity index (χ0n) is 16.9. The predicted octanol–water partition coefficient (Wildman–Crippen LogP) is 5.33. The Morgan fingerprint density at radius 2 is 1.86 bits per heavy atom. The molecule has 1 aliphatic carbocycles. The van der Waals surface area contributed by atoms with Gasteiger partial charge in [-0.2, -0.15) is 0 Å². The third kappa shape index (κ3) is 6.82. The van der Waals surface area contributed by atoms with Crippen LogP contribution in [0.25, 0.3) is 0 Å². The minimum absolute atomic E-state index is 0.0675. The van der Waals surface area contributed by atoms with Crippen LogP contribution in [0.2, 0.25) is 0 Å². The van der Waals surface area contributed by atoms with Crippen LogP contribution in [0.15, 0.2) is 53.4 Å². The first-order valence-electron chi connectivity index (χ1n) is 10.2. The van der Waals surface area contributed by atoms with Crippen molar-refractivity contribution in [3.05, 3.63) is 48.5 Å². The second kappa shape index (κ2) is 10.3. The summed E-state index contributed by atoms with van der Waals surface area (Å²) in [6.07, 6.45) is 4.07. The number of carbonyl (C=O) groups excluding carboxylic acids is 2. The molecule has 0 bridgehead atoms. The molecule has 0 heterocycles. The Morgan fingerprint density at radius 1 is 1.10 bits per heavy atom. The van der Waals surface area contributed by atoms with Gasteiger partial charge in [0, 0.05) is 22.2 Å². The van der Waals surface area contributed by atoms with E-state index in [1.54, 1.807) is 0 Å². The van der Waals surface area contributed by atoms with E-state index in [1.807, 2.05) is 55.5 Å². The lowest BCUT2D eigenvalue weighted by Crippen LogP contribution is -2.22. The zero-order chi connectivity index (χ0) is 20.6. The van der Waals surface area contributed by atoms with Gasteiger partial charge in [-0.05, 0) is 68.7 Å². The molecule has 154 valence electrons. The quantitative estimate of drug-likeness (QED) is 0.409. The Bertz CT molecular complexity index is 834. The summed E-state index contributed by atoms with van der Waals surface area (Å²) in [6, 6.07) is 15.1. The number of hydrogen-bond acceptors (Lipinski definition) is 4. The van der Waals surface area contributed by atoms with Gasteiger partial charge in [0.25, 0.3) is 0 Å². The van der Waals surface area contributed by atoms with Crippen LogP contribution in [-0.4, -0.2) is 23.7 Å². The van der Waals surface area contributed by atoms with Gasteiger partial charge in [-0.3, -0.25) is 9.59 Å². The lowest BCUT2D eigenvalue weighted by atomic mass is 10.3. The van der Waals surface area contributed by atoms with Crippen LogP contribution < -0.4 is 15.4 Å². The van der Waals surface area contributed by atoms with Gasteiger partial charge >= 0.3 is 0 Å². The number of amides is 2. The number of thioether (sulfide) groups is 1. The second-order valence-electron chi connectivity index (χ2n) is 7.27. The Morgan fingerprint density at radius 3 is 2.55 bits per heavy atom. The number of hydrogen-bond donors (Lipinski definition) is 2. The highest BCUT2D eigenvalue weighted by atomic mass is 32.2. The molecular weight excluding hydrogens is 384 g/mol. The van der Waals surface area contributed by atoms with E-state index in [-0.39, 0.29) is 23.0 Å². The standard InChI is InChI=1S/C23H28N2O3S/c1-3-4-14-28-20-12-10-18(11-13-20)24-22(26)16(2)29-21-7-5-6-19(15-21)25-23(27)17-8-9-17/h5-7,10-13,15-17H,3-4,8-9,14H2,1-2H3,(H,24,26)(H,25,27). The van der Waals surface area contributed by atoms with E-state index in [2.05, 4.69) is 17.6 Å². The highest BCUT2D eigenvalue weighted by Gasteiger charge is 2.29. The number of carbonyl (C=O) groups is 2. The van der Waals surface area contributed by atoms with Crippen molar-refractivity contribution in [1.29, 1.82) is 0 Å². The molecule has 0 spiro atoms. The minimum atomic E-state index is -0.273. The lowest BCUT2D eigenvalue weighted by molar-refractivity contribution is -0.117. The molecule has 0 aliphatic heterocycles. The molecular formula is C23H28N2O3S. The van der Waals surface area contributed by atoms with Crippen LogP contribution >= 0.6 is 11.8 Å². The number of nitrogens with one attached hydrogen (secondary N) is 2. The highest BCUT2D eigenvalue weighted by molar-refractivity contribution is 8.00. The van der Waals surface area contributed by atoms with E-state index in [0.717, 1.165) is 47.7 Å². The molecule has 2 amide bonds. The molecule has 0 radical (unpaired) electrons. The van der Waals surface area contributed by atoms with Crippen molar-refractivity contribution in [2.24, 2.45) is 5.92 Å². The lowest BCUT2D eigenvalue weighted by Gasteiger charge is -2.13. The Labute approximate surface area is 176 Å². The van der Waals surface area contributed by atoms with E-state index < -0.39 is 0 Å². The van der Waals surface area contributed by atoms with Crippen LogP contribution in [0.1, 0.15) is 39.5 Å². The number of anilines is 2. The molecule has 2 aromatic carbocycles. The topological polar surface area (TPSA) is 67.4 Å². The third-order valence-electron chi connectivity index (χ3n) is 4.62. The van der Waals surface area contributed by atoms with Gasteiger partial charge in [0.15, 0.2) is 0 Å². The zero-order valence-corrected chi connectivity index (χ0v) is 17.8. The van der Waals surface area contributed by atoms with Gasteiger partial charge in [0.2, 0.25) is 11.8 Å². The smallest absolute Gasteiger partial charge is 0.237 e. The van der Waals surface area contributed by atoms with Gasteiger partial charge in [-0.15, -0.1) is 11.8 Å². The van der Waals surface area contributed by atoms with E-state index >= 15 is 0 Å². The van der Waals surface area contributed by atoms with Crippen molar-refractivity contribution in [1.82, 2.24) is 0 Å². The fourth-order valence-corrected chi connectivity index (χ4v) is 3.63. The normalized spacial score (nSPS) is 14.1. The minimum Gasteiger partial charge on any atom is -0.494 e. The average Bonchev–Trinajstić information content (AvgIpc) is 3.55. The molecule has 1 saturated carbocycles. The van der Waals surface area contributed by atoms with Crippen molar-refractivity contribution >= 4 is 35.0 Å². The van der Waals surface area contributed by atoms with Crippen LogP contribution in [0.4, 0.5) is 11.4 Å². The van der Waals surface area contributed by atoms with Gasteiger partial charge in [0.05, 0.1) is 11.9 Å². The predicted molar refractivity (Wildman–Crippen MR) is 119 cm³/mol. The second-order valence-corrected chi connectivity index (χ2v) is 8.68. The number of benzene rings is 2. The van der Waals surface area contributed by atoms with Crippen molar-refractivity contribution in [2.45, 2.75) is 49.7 Å². The molecule has 1 aliphatic rings.